The lowest BCUT2D eigenvalue weighted by molar-refractivity contribution is -0.118. The number of aryl methyl sites for hydroxylation is 1. The van der Waals surface area contributed by atoms with Crippen molar-refractivity contribution in [3.05, 3.63) is 106 Å². The Morgan fingerprint density at radius 1 is 1.00 bits per heavy atom. The fourth-order valence-corrected chi connectivity index (χ4v) is 4.95. The smallest absolute Gasteiger partial charge is 0.266 e. The van der Waals surface area contributed by atoms with Gasteiger partial charge < -0.3 is 4.74 Å². The van der Waals surface area contributed by atoms with Crippen molar-refractivity contribution in [2.24, 2.45) is 5.10 Å². The highest BCUT2D eigenvalue weighted by Gasteiger charge is 2.16. The number of para-hydroxylation sites is 2. The van der Waals surface area contributed by atoms with Gasteiger partial charge in [0.15, 0.2) is 5.16 Å². The van der Waals surface area contributed by atoms with Gasteiger partial charge in [0.25, 0.3) is 11.5 Å². The molecule has 0 aliphatic rings. The molecular weight excluding hydrogens is 484 g/mol. The van der Waals surface area contributed by atoms with E-state index in [-0.39, 0.29) is 17.2 Å². The topological polar surface area (TPSA) is 85.6 Å². The number of nitrogens with zero attached hydrogens (tertiary/aromatic N) is 3. The Morgan fingerprint density at radius 3 is 2.54 bits per heavy atom. The Kier molecular flexibility index (Phi) is 7.00. The molecule has 1 aromatic heterocycles. The van der Waals surface area contributed by atoms with Crippen LogP contribution in [0.1, 0.15) is 11.1 Å². The molecule has 0 spiro atoms. The lowest BCUT2D eigenvalue weighted by atomic mass is 10.0. The first-order valence-corrected chi connectivity index (χ1v) is 12.6. The van der Waals surface area contributed by atoms with E-state index >= 15 is 0 Å². The molecule has 8 heteroatoms. The third-order valence-electron chi connectivity index (χ3n) is 5.97. The second-order valence-electron chi connectivity index (χ2n) is 8.32. The number of benzene rings is 4. The predicted octanol–water partition coefficient (Wildman–Crippen LogP) is 5.10. The third kappa shape index (κ3) is 4.96. The van der Waals surface area contributed by atoms with Gasteiger partial charge in [-0.15, -0.1) is 0 Å². The average Bonchev–Trinajstić information content (AvgIpc) is 2.92. The molecule has 0 fully saturated rings. The summed E-state index contributed by atoms with van der Waals surface area (Å²) in [4.78, 5) is 30.8. The van der Waals surface area contributed by atoms with Crippen LogP contribution in [0.15, 0.2) is 100.0 Å². The first-order chi connectivity index (χ1) is 18.1. The fraction of sp³-hybridized carbons (Fsp3) is 0.103. The lowest BCUT2D eigenvalue weighted by Gasteiger charge is -2.14. The van der Waals surface area contributed by atoms with Gasteiger partial charge in [0.05, 0.1) is 35.7 Å². The number of thioether (sulfide) groups is 1. The minimum atomic E-state index is -0.320. The van der Waals surface area contributed by atoms with E-state index in [0.29, 0.717) is 21.8 Å². The summed E-state index contributed by atoms with van der Waals surface area (Å²) in [5.41, 5.74) is 5.43. The number of methoxy groups -OCH3 is 1. The number of fused-ring (bicyclic) bond motifs is 2. The van der Waals surface area contributed by atoms with E-state index in [4.69, 9.17) is 9.72 Å². The minimum absolute atomic E-state index is 0.0284. The second kappa shape index (κ2) is 10.7. The molecule has 0 bridgehead atoms. The standard InChI is InChI=1S/C29H24N4O3S/c1-19-9-3-8-14-25(19)33-28(35)22-12-6-7-13-24(22)31-29(33)37-18-27(34)32-30-17-23-21-11-5-4-10-20(21)15-16-26(23)36-2/h3-17H,18H2,1-2H3,(H,32,34)/b30-17+. The van der Waals surface area contributed by atoms with Crippen molar-refractivity contribution in [2.45, 2.75) is 12.1 Å². The molecule has 0 radical (unpaired) electrons. The van der Waals surface area contributed by atoms with Crippen molar-refractivity contribution in [1.29, 1.82) is 0 Å². The average molecular weight is 509 g/mol. The van der Waals surface area contributed by atoms with Crippen LogP contribution in [-0.2, 0) is 4.79 Å². The van der Waals surface area contributed by atoms with E-state index in [1.165, 1.54) is 11.8 Å². The normalized spacial score (nSPS) is 11.3. The molecule has 5 rings (SSSR count). The van der Waals surface area contributed by atoms with E-state index in [9.17, 15) is 9.59 Å². The molecular formula is C29H24N4O3S. The van der Waals surface area contributed by atoms with Crippen LogP contribution in [0, 0.1) is 6.92 Å². The van der Waals surface area contributed by atoms with Gasteiger partial charge in [0.1, 0.15) is 5.75 Å². The zero-order chi connectivity index (χ0) is 25.8. The zero-order valence-electron chi connectivity index (χ0n) is 20.3. The minimum Gasteiger partial charge on any atom is -0.496 e. The van der Waals surface area contributed by atoms with E-state index in [1.54, 1.807) is 30.0 Å². The number of hydrazone groups is 1. The molecule has 0 aliphatic heterocycles. The van der Waals surface area contributed by atoms with Gasteiger partial charge >= 0.3 is 0 Å². The number of ether oxygens (including phenoxy) is 1. The molecule has 0 aliphatic carbocycles. The fourth-order valence-electron chi connectivity index (χ4n) is 4.15. The van der Waals surface area contributed by atoms with Crippen LogP contribution < -0.4 is 15.7 Å². The number of rotatable bonds is 7. The first-order valence-electron chi connectivity index (χ1n) is 11.6. The van der Waals surface area contributed by atoms with Crippen molar-refractivity contribution >= 4 is 45.6 Å². The predicted molar refractivity (Wildman–Crippen MR) is 149 cm³/mol. The van der Waals surface area contributed by atoms with Gasteiger partial charge in [-0.3, -0.25) is 14.2 Å². The highest BCUT2D eigenvalue weighted by molar-refractivity contribution is 7.99. The summed E-state index contributed by atoms with van der Waals surface area (Å²) >= 11 is 1.19. The van der Waals surface area contributed by atoms with Crippen LogP contribution >= 0.6 is 11.8 Å². The summed E-state index contributed by atoms with van der Waals surface area (Å²) in [6.07, 6.45) is 1.58. The Bertz CT molecular complexity index is 1710. The van der Waals surface area contributed by atoms with E-state index in [0.717, 1.165) is 27.6 Å². The molecule has 1 amide bonds. The summed E-state index contributed by atoms with van der Waals surface area (Å²) in [6, 6.07) is 26.6. The number of nitrogens with one attached hydrogen (secondary N) is 1. The molecule has 1 heterocycles. The molecule has 184 valence electrons. The Balaban J connectivity index is 1.39. The number of hydrogen-bond donors (Lipinski definition) is 1. The monoisotopic (exact) mass is 508 g/mol. The number of carbonyl (C=O) groups excluding carboxylic acids is 1. The molecule has 0 atom stereocenters. The number of carbonyl (C=O) groups is 1. The Hall–Kier alpha value is -4.43. The second-order valence-corrected chi connectivity index (χ2v) is 9.27. The highest BCUT2D eigenvalue weighted by Crippen LogP contribution is 2.26. The molecule has 4 aromatic carbocycles. The first kappa shape index (κ1) is 24.3. The maximum Gasteiger partial charge on any atom is 0.266 e. The molecule has 0 saturated heterocycles. The van der Waals surface area contributed by atoms with Crippen molar-refractivity contribution in [3.8, 4) is 11.4 Å². The van der Waals surface area contributed by atoms with E-state index in [2.05, 4.69) is 10.5 Å². The van der Waals surface area contributed by atoms with E-state index in [1.807, 2.05) is 79.7 Å². The third-order valence-corrected chi connectivity index (χ3v) is 6.91. The largest absolute Gasteiger partial charge is 0.496 e. The van der Waals surface area contributed by atoms with Crippen LogP contribution in [0.3, 0.4) is 0 Å². The highest BCUT2D eigenvalue weighted by atomic mass is 32.2. The quantitative estimate of drug-likeness (QED) is 0.143. The van der Waals surface area contributed by atoms with Crippen LogP contribution in [0.5, 0.6) is 5.75 Å². The van der Waals surface area contributed by atoms with E-state index < -0.39 is 0 Å². The van der Waals surface area contributed by atoms with Crippen molar-refractivity contribution < 1.29 is 9.53 Å². The van der Waals surface area contributed by atoms with Crippen molar-refractivity contribution in [1.82, 2.24) is 15.0 Å². The number of aromatic nitrogens is 2. The van der Waals surface area contributed by atoms with Crippen LogP contribution in [-0.4, -0.2) is 34.5 Å². The van der Waals surface area contributed by atoms with Gasteiger partial charge in [0, 0.05) is 5.56 Å². The summed E-state index contributed by atoms with van der Waals surface area (Å²) in [5.74, 6) is 0.369. The molecule has 37 heavy (non-hydrogen) atoms. The molecule has 0 saturated carbocycles. The maximum atomic E-state index is 13.4. The van der Waals surface area contributed by atoms with Gasteiger partial charge in [-0.05, 0) is 47.5 Å². The van der Waals surface area contributed by atoms with Crippen LogP contribution in [0.2, 0.25) is 0 Å². The van der Waals surface area contributed by atoms with Gasteiger partial charge in [0.2, 0.25) is 0 Å². The van der Waals surface area contributed by atoms with Gasteiger partial charge in [-0.25, -0.2) is 10.4 Å². The molecule has 5 aromatic rings. The summed E-state index contributed by atoms with van der Waals surface area (Å²) in [7, 11) is 1.60. The molecule has 0 unspecified atom stereocenters. The molecule has 1 N–H and O–H groups in total. The summed E-state index contributed by atoms with van der Waals surface area (Å²) in [6.45, 7) is 1.94. The molecule has 7 nitrogen and oxygen atoms in total. The Morgan fingerprint density at radius 2 is 1.73 bits per heavy atom. The Labute approximate surface area is 217 Å². The lowest BCUT2D eigenvalue weighted by Crippen LogP contribution is -2.24. The number of hydrogen-bond acceptors (Lipinski definition) is 6. The maximum absolute atomic E-state index is 13.4. The van der Waals surface area contributed by atoms with Gasteiger partial charge in [-0.2, -0.15) is 5.10 Å². The van der Waals surface area contributed by atoms with Gasteiger partial charge in [-0.1, -0.05) is 72.4 Å². The van der Waals surface area contributed by atoms with Crippen molar-refractivity contribution in [2.75, 3.05) is 12.9 Å². The summed E-state index contributed by atoms with van der Waals surface area (Å²) in [5, 5.41) is 7.14. The van der Waals surface area contributed by atoms with Crippen molar-refractivity contribution in [3.63, 3.8) is 0 Å². The zero-order valence-corrected chi connectivity index (χ0v) is 21.2. The number of amides is 1. The SMILES string of the molecule is COc1ccc2ccccc2c1/C=N/NC(=O)CSc1nc2ccccc2c(=O)n1-c1ccccc1C. The van der Waals surface area contributed by atoms with Crippen LogP contribution in [0.25, 0.3) is 27.4 Å². The van der Waals surface area contributed by atoms with Crippen LogP contribution in [0.4, 0.5) is 0 Å². The summed E-state index contributed by atoms with van der Waals surface area (Å²) < 4.78 is 7.05.